The van der Waals surface area contributed by atoms with Crippen LogP contribution in [0.3, 0.4) is 0 Å². The number of pyridine rings is 1. The number of halogens is 3. The molecule has 0 amide bonds. The van der Waals surface area contributed by atoms with Crippen molar-refractivity contribution in [2.24, 2.45) is 7.05 Å². The lowest BCUT2D eigenvalue weighted by atomic mass is 10.1. The fourth-order valence-corrected chi connectivity index (χ4v) is 3.37. The van der Waals surface area contributed by atoms with Gasteiger partial charge in [-0.15, -0.1) is 5.10 Å². The quantitative estimate of drug-likeness (QED) is 0.422. The summed E-state index contributed by atoms with van der Waals surface area (Å²) < 4.78 is 22.3. The summed E-state index contributed by atoms with van der Waals surface area (Å²) in [6.45, 7) is 0.0439. The smallest absolute Gasteiger partial charge is 0.267 e. The molecule has 0 fully saturated rings. The molecule has 0 bridgehead atoms. The number of hydrogen-bond donors (Lipinski definition) is 0. The van der Waals surface area contributed by atoms with Crippen LogP contribution >= 0.6 is 23.2 Å². The summed E-state index contributed by atoms with van der Waals surface area (Å²) >= 11 is 11.8. The number of nitrogens with zero attached hydrogens (tertiary/aromatic N) is 6. The third-order valence-electron chi connectivity index (χ3n) is 4.66. The van der Waals surface area contributed by atoms with E-state index in [2.05, 4.69) is 20.4 Å². The molecule has 0 aliphatic rings. The highest BCUT2D eigenvalue weighted by Crippen LogP contribution is 2.28. The first kappa shape index (κ1) is 21.0. The second-order valence-electron chi connectivity index (χ2n) is 6.59. The van der Waals surface area contributed by atoms with Crippen molar-refractivity contribution in [1.29, 1.82) is 0 Å². The van der Waals surface area contributed by atoms with Crippen LogP contribution in [0, 0.1) is 5.82 Å². The van der Waals surface area contributed by atoms with E-state index in [-0.39, 0.29) is 27.8 Å². The Morgan fingerprint density at radius 1 is 1.13 bits per heavy atom. The standard InChI is InChI=1S/C20H15Cl2FN6O2/c1-28-16(19(26-27-28)14-4-3-13(21)7-15(14)23)10-29-18(30)6-12(9-25-29)11-5-17(31-2)20(22)24-8-11/h3-9H,10H2,1-2H3. The zero-order chi connectivity index (χ0) is 22.1. The van der Waals surface area contributed by atoms with Crippen molar-refractivity contribution in [3.8, 4) is 28.1 Å². The predicted molar refractivity (Wildman–Crippen MR) is 114 cm³/mol. The third-order valence-corrected chi connectivity index (χ3v) is 5.18. The Kier molecular flexibility index (Phi) is 5.71. The van der Waals surface area contributed by atoms with Crippen LogP contribution in [0.4, 0.5) is 4.39 Å². The molecule has 0 aliphatic carbocycles. The molecule has 0 aliphatic heterocycles. The Hall–Kier alpha value is -3.30. The number of rotatable bonds is 5. The normalized spacial score (nSPS) is 11.0. The van der Waals surface area contributed by atoms with Crippen LogP contribution in [0.15, 0.2) is 47.5 Å². The molecule has 0 saturated heterocycles. The monoisotopic (exact) mass is 460 g/mol. The van der Waals surface area contributed by atoms with Crippen molar-refractivity contribution in [1.82, 2.24) is 29.8 Å². The Bertz CT molecular complexity index is 1340. The molecule has 8 nitrogen and oxygen atoms in total. The van der Waals surface area contributed by atoms with Gasteiger partial charge in [-0.2, -0.15) is 5.10 Å². The zero-order valence-corrected chi connectivity index (χ0v) is 17.9. The van der Waals surface area contributed by atoms with Gasteiger partial charge in [0.2, 0.25) is 0 Å². The summed E-state index contributed by atoms with van der Waals surface area (Å²) in [5, 5.41) is 12.7. The van der Waals surface area contributed by atoms with Gasteiger partial charge in [-0.3, -0.25) is 4.79 Å². The van der Waals surface area contributed by atoms with Crippen molar-refractivity contribution in [2.75, 3.05) is 7.11 Å². The summed E-state index contributed by atoms with van der Waals surface area (Å²) in [7, 11) is 3.14. The molecule has 4 rings (SSSR count). The highest BCUT2D eigenvalue weighted by atomic mass is 35.5. The van der Waals surface area contributed by atoms with Crippen LogP contribution in [0.5, 0.6) is 5.75 Å². The van der Waals surface area contributed by atoms with Gasteiger partial charge in [0, 0.05) is 41.0 Å². The largest absolute Gasteiger partial charge is 0.494 e. The molecule has 0 N–H and O–H groups in total. The maximum absolute atomic E-state index is 14.4. The number of aryl methyl sites for hydroxylation is 1. The molecule has 3 aromatic heterocycles. The van der Waals surface area contributed by atoms with Crippen molar-refractivity contribution in [3.05, 3.63) is 74.8 Å². The van der Waals surface area contributed by atoms with E-state index in [1.54, 1.807) is 19.2 Å². The summed E-state index contributed by atoms with van der Waals surface area (Å²) in [5.74, 6) is -0.145. The maximum atomic E-state index is 14.4. The SMILES string of the molecule is COc1cc(-c2cnn(Cc3c(-c4ccc(Cl)cc4F)nnn3C)c(=O)c2)cnc1Cl. The molecule has 0 saturated carbocycles. The average Bonchev–Trinajstić information content (AvgIpc) is 3.10. The molecule has 0 spiro atoms. The van der Waals surface area contributed by atoms with Crippen LogP contribution in [-0.4, -0.2) is 36.9 Å². The predicted octanol–water partition coefficient (Wildman–Crippen LogP) is 3.60. The fourth-order valence-electron chi connectivity index (χ4n) is 3.03. The van der Waals surface area contributed by atoms with E-state index in [1.807, 2.05) is 0 Å². The van der Waals surface area contributed by atoms with E-state index in [1.165, 1.54) is 47.1 Å². The van der Waals surface area contributed by atoms with E-state index < -0.39 is 5.82 Å². The molecule has 0 atom stereocenters. The number of methoxy groups -OCH3 is 1. The summed E-state index contributed by atoms with van der Waals surface area (Å²) in [6, 6.07) is 7.37. The third kappa shape index (κ3) is 4.14. The van der Waals surface area contributed by atoms with Gasteiger partial charge in [0.05, 0.1) is 25.5 Å². The van der Waals surface area contributed by atoms with Gasteiger partial charge in [-0.25, -0.2) is 18.7 Å². The van der Waals surface area contributed by atoms with Gasteiger partial charge in [-0.05, 0) is 24.3 Å². The summed E-state index contributed by atoms with van der Waals surface area (Å²) in [6.07, 6.45) is 3.05. The lowest BCUT2D eigenvalue weighted by Crippen LogP contribution is -2.24. The lowest BCUT2D eigenvalue weighted by Gasteiger charge is -2.09. The minimum absolute atomic E-state index is 0.0439. The Morgan fingerprint density at radius 2 is 1.90 bits per heavy atom. The molecule has 3 heterocycles. The van der Waals surface area contributed by atoms with Gasteiger partial charge in [-0.1, -0.05) is 28.4 Å². The minimum atomic E-state index is -0.533. The number of benzene rings is 1. The van der Waals surface area contributed by atoms with Crippen LogP contribution in [0.25, 0.3) is 22.4 Å². The molecular formula is C20H15Cl2FN6O2. The maximum Gasteiger partial charge on any atom is 0.267 e. The van der Waals surface area contributed by atoms with Gasteiger partial charge < -0.3 is 4.74 Å². The van der Waals surface area contributed by atoms with E-state index in [0.717, 1.165) is 0 Å². The molecule has 4 aromatic rings. The van der Waals surface area contributed by atoms with Gasteiger partial charge >= 0.3 is 0 Å². The first-order chi connectivity index (χ1) is 14.9. The van der Waals surface area contributed by atoms with Crippen LogP contribution in [0.1, 0.15) is 5.69 Å². The highest BCUT2D eigenvalue weighted by Gasteiger charge is 2.18. The van der Waals surface area contributed by atoms with E-state index in [4.69, 9.17) is 27.9 Å². The number of hydrogen-bond acceptors (Lipinski definition) is 6. The van der Waals surface area contributed by atoms with E-state index in [9.17, 15) is 9.18 Å². The zero-order valence-electron chi connectivity index (χ0n) is 16.4. The Labute approximate surface area is 185 Å². The number of ether oxygens (including phenoxy) is 1. The van der Waals surface area contributed by atoms with Gasteiger partial charge in [0.1, 0.15) is 11.5 Å². The number of aromatic nitrogens is 6. The van der Waals surface area contributed by atoms with Crippen molar-refractivity contribution < 1.29 is 9.13 Å². The lowest BCUT2D eigenvalue weighted by molar-refractivity contribution is 0.413. The summed E-state index contributed by atoms with van der Waals surface area (Å²) in [5.41, 5.74) is 1.87. The Morgan fingerprint density at radius 3 is 2.61 bits per heavy atom. The second-order valence-corrected chi connectivity index (χ2v) is 7.38. The topological polar surface area (TPSA) is 87.7 Å². The van der Waals surface area contributed by atoms with E-state index >= 15 is 0 Å². The van der Waals surface area contributed by atoms with Gasteiger partial charge in [0.25, 0.3) is 5.56 Å². The minimum Gasteiger partial charge on any atom is -0.494 e. The first-order valence-electron chi connectivity index (χ1n) is 8.98. The summed E-state index contributed by atoms with van der Waals surface area (Å²) in [4.78, 5) is 16.8. The highest BCUT2D eigenvalue weighted by molar-refractivity contribution is 6.31. The fraction of sp³-hybridized carbons (Fsp3) is 0.150. The second kappa shape index (κ2) is 8.44. The molecule has 0 radical (unpaired) electrons. The molecule has 11 heteroatoms. The Balaban J connectivity index is 1.69. The van der Waals surface area contributed by atoms with Crippen LogP contribution < -0.4 is 10.3 Å². The van der Waals surface area contributed by atoms with Crippen LogP contribution in [-0.2, 0) is 13.6 Å². The molecule has 158 valence electrons. The van der Waals surface area contributed by atoms with Crippen LogP contribution in [0.2, 0.25) is 10.2 Å². The van der Waals surface area contributed by atoms with Gasteiger partial charge in [0.15, 0.2) is 10.9 Å². The first-order valence-corrected chi connectivity index (χ1v) is 9.74. The average molecular weight is 461 g/mol. The van der Waals surface area contributed by atoms with Crippen molar-refractivity contribution in [3.63, 3.8) is 0 Å². The molecule has 31 heavy (non-hydrogen) atoms. The molecular weight excluding hydrogens is 446 g/mol. The van der Waals surface area contributed by atoms with E-state index in [0.29, 0.717) is 28.3 Å². The van der Waals surface area contributed by atoms with Crippen molar-refractivity contribution >= 4 is 23.2 Å². The molecule has 1 aromatic carbocycles. The molecule has 0 unspecified atom stereocenters. The van der Waals surface area contributed by atoms with Crippen molar-refractivity contribution in [2.45, 2.75) is 6.54 Å².